The summed E-state index contributed by atoms with van der Waals surface area (Å²) in [6.45, 7) is 2.05. The van der Waals surface area contributed by atoms with Crippen molar-refractivity contribution in [1.82, 2.24) is 5.01 Å². The number of ether oxygens (including phenoxy) is 3. The fraction of sp³-hybridized carbons (Fsp3) is 0.231. The molecule has 1 N–H and O–H groups in total. The van der Waals surface area contributed by atoms with Crippen LogP contribution in [0, 0.1) is 6.92 Å². The number of methoxy groups -OCH3 is 2. The van der Waals surface area contributed by atoms with Gasteiger partial charge in [0.2, 0.25) is 6.23 Å². The standard InChI is InChI=1S/C26H24N2O5/c1-15-8-10-16(11-9-15)19-14-20-17-6-4-5-7-21(17)33-25(28(20)27-19)18-12-13-22(31-2)24(32-3)23(18)26(29)30/h4-13,20,25H,14H2,1-3H3,(H,29,30)/t20-,25+/m0/s1. The van der Waals surface area contributed by atoms with Gasteiger partial charge in [-0.25, -0.2) is 9.80 Å². The SMILES string of the molecule is COc1ccc([C@H]2Oc3ccccc3[C@@H]3CC(c4ccc(C)cc4)=NN23)c(C(=O)O)c1OC. The minimum atomic E-state index is -1.12. The number of aromatic carboxylic acids is 1. The van der Waals surface area contributed by atoms with Crippen molar-refractivity contribution in [1.29, 1.82) is 0 Å². The Morgan fingerprint density at radius 2 is 1.79 bits per heavy atom. The molecule has 0 fully saturated rings. The number of carbonyl (C=O) groups is 1. The van der Waals surface area contributed by atoms with Crippen LogP contribution in [0.1, 0.15) is 51.3 Å². The van der Waals surface area contributed by atoms with Crippen molar-refractivity contribution < 1.29 is 24.1 Å². The fourth-order valence-corrected chi connectivity index (χ4v) is 4.53. The predicted molar refractivity (Wildman–Crippen MR) is 123 cm³/mol. The maximum Gasteiger partial charge on any atom is 0.340 e. The average Bonchev–Trinajstić information content (AvgIpc) is 3.28. The van der Waals surface area contributed by atoms with Gasteiger partial charge in [0.1, 0.15) is 11.3 Å². The van der Waals surface area contributed by atoms with E-state index in [-0.39, 0.29) is 17.4 Å². The van der Waals surface area contributed by atoms with Crippen LogP contribution >= 0.6 is 0 Å². The molecule has 0 spiro atoms. The third-order valence-electron chi connectivity index (χ3n) is 6.14. The molecule has 2 aliphatic heterocycles. The number of carboxylic acid groups (broad SMARTS) is 1. The quantitative estimate of drug-likeness (QED) is 0.600. The topological polar surface area (TPSA) is 80.6 Å². The van der Waals surface area contributed by atoms with Gasteiger partial charge in [0.05, 0.1) is 26.0 Å². The summed E-state index contributed by atoms with van der Waals surface area (Å²) in [6, 6.07) is 19.4. The number of para-hydroxylation sites is 1. The van der Waals surface area contributed by atoms with Crippen LogP contribution in [0.4, 0.5) is 0 Å². The number of fused-ring (bicyclic) bond motifs is 3. The van der Waals surface area contributed by atoms with Crippen LogP contribution in [0.15, 0.2) is 65.8 Å². The molecule has 2 atom stereocenters. The minimum absolute atomic E-state index is 0.000956. The van der Waals surface area contributed by atoms with Gasteiger partial charge in [0, 0.05) is 17.5 Å². The van der Waals surface area contributed by atoms with E-state index in [1.165, 1.54) is 19.8 Å². The van der Waals surface area contributed by atoms with Gasteiger partial charge < -0.3 is 19.3 Å². The Morgan fingerprint density at radius 1 is 1.03 bits per heavy atom. The fourth-order valence-electron chi connectivity index (χ4n) is 4.53. The predicted octanol–water partition coefficient (Wildman–Crippen LogP) is 4.95. The van der Waals surface area contributed by atoms with E-state index in [4.69, 9.17) is 19.3 Å². The van der Waals surface area contributed by atoms with Crippen molar-refractivity contribution in [2.45, 2.75) is 25.6 Å². The summed E-state index contributed by atoms with van der Waals surface area (Å²) in [5.74, 6) is 0.0945. The molecule has 7 nitrogen and oxygen atoms in total. The minimum Gasteiger partial charge on any atom is -0.493 e. The number of hydrogen-bond donors (Lipinski definition) is 1. The lowest BCUT2D eigenvalue weighted by atomic mass is 9.94. The average molecular weight is 444 g/mol. The highest BCUT2D eigenvalue weighted by Crippen LogP contribution is 2.49. The van der Waals surface area contributed by atoms with Crippen LogP contribution in [0.5, 0.6) is 17.2 Å². The van der Waals surface area contributed by atoms with Crippen molar-refractivity contribution in [3.8, 4) is 17.2 Å². The van der Waals surface area contributed by atoms with E-state index in [1.54, 1.807) is 12.1 Å². The van der Waals surface area contributed by atoms with Crippen LogP contribution < -0.4 is 14.2 Å². The summed E-state index contributed by atoms with van der Waals surface area (Å²) in [4.78, 5) is 12.3. The van der Waals surface area contributed by atoms with E-state index < -0.39 is 12.2 Å². The van der Waals surface area contributed by atoms with Gasteiger partial charge >= 0.3 is 5.97 Å². The van der Waals surface area contributed by atoms with Gasteiger partial charge in [-0.1, -0.05) is 48.0 Å². The molecule has 3 aromatic rings. The van der Waals surface area contributed by atoms with Gasteiger partial charge in [0.15, 0.2) is 11.5 Å². The second-order valence-corrected chi connectivity index (χ2v) is 8.09. The first-order valence-corrected chi connectivity index (χ1v) is 10.7. The van der Waals surface area contributed by atoms with Crippen LogP contribution in [-0.2, 0) is 0 Å². The van der Waals surface area contributed by atoms with E-state index in [0.717, 1.165) is 22.6 Å². The molecule has 2 aliphatic rings. The summed E-state index contributed by atoms with van der Waals surface area (Å²) >= 11 is 0. The third kappa shape index (κ3) is 3.46. The van der Waals surface area contributed by atoms with Gasteiger partial charge in [-0.2, -0.15) is 5.10 Å². The molecule has 2 heterocycles. The maximum atomic E-state index is 12.3. The molecule has 0 saturated carbocycles. The monoisotopic (exact) mass is 444 g/mol. The molecule has 0 aliphatic carbocycles. The van der Waals surface area contributed by atoms with Crippen molar-refractivity contribution in [2.24, 2.45) is 5.10 Å². The van der Waals surface area contributed by atoms with E-state index in [0.29, 0.717) is 17.7 Å². The zero-order valence-electron chi connectivity index (χ0n) is 18.6. The van der Waals surface area contributed by atoms with Gasteiger partial charge in [-0.3, -0.25) is 0 Å². The highest BCUT2D eigenvalue weighted by molar-refractivity contribution is 6.02. The van der Waals surface area contributed by atoms with Crippen LogP contribution in [0.25, 0.3) is 0 Å². The summed E-state index contributed by atoms with van der Waals surface area (Å²) in [7, 11) is 2.91. The van der Waals surface area contributed by atoms with Crippen LogP contribution in [-0.4, -0.2) is 36.0 Å². The number of aryl methyl sites for hydroxylation is 1. The lowest BCUT2D eigenvalue weighted by Crippen LogP contribution is -2.34. The number of carboxylic acids is 1. The Balaban J connectivity index is 1.66. The summed E-state index contributed by atoms with van der Waals surface area (Å²) in [5, 5.41) is 16.9. The van der Waals surface area contributed by atoms with E-state index in [1.807, 2.05) is 36.2 Å². The highest BCUT2D eigenvalue weighted by Gasteiger charge is 2.43. The molecule has 0 saturated heterocycles. The van der Waals surface area contributed by atoms with E-state index in [2.05, 4.69) is 24.3 Å². The number of hydrazone groups is 1. The van der Waals surface area contributed by atoms with Crippen molar-refractivity contribution in [3.63, 3.8) is 0 Å². The first-order chi connectivity index (χ1) is 16.0. The Labute approximate surface area is 191 Å². The smallest absolute Gasteiger partial charge is 0.340 e. The molecular formula is C26H24N2O5. The van der Waals surface area contributed by atoms with Crippen LogP contribution in [0.3, 0.4) is 0 Å². The van der Waals surface area contributed by atoms with Crippen molar-refractivity contribution in [2.75, 3.05) is 14.2 Å². The first-order valence-electron chi connectivity index (χ1n) is 10.7. The number of nitrogens with zero attached hydrogens (tertiary/aromatic N) is 2. The van der Waals surface area contributed by atoms with Gasteiger partial charge in [-0.05, 0) is 30.7 Å². The first kappa shape index (κ1) is 20.9. The van der Waals surface area contributed by atoms with Gasteiger partial charge in [-0.15, -0.1) is 0 Å². The second kappa shape index (κ2) is 8.16. The molecule has 0 amide bonds. The van der Waals surface area contributed by atoms with Crippen LogP contribution in [0.2, 0.25) is 0 Å². The molecular weight excluding hydrogens is 420 g/mol. The lowest BCUT2D eigenvalue weighted by Gasteiger charge is -2.38. The van der Waals surface area contributed by atoms with E-state index >= 15 is 0 Å². The summed E-state index contributed by atoms with van der Waals surface area (Å²) in [6.07, 6.45) is -0.0472. The molecule has 0 radical (unpaired) electrons. The Hall–Kier alpha value is -4.00. The Kier molecular flexibility index (Phi) is 5.17. The Morgan fingerprint density at radius 3 is 2.48 bits per heavy atom. The number of rotatable bonds is 5. The zero-order chi connectivity index (χ0) is 23.1. The van der Waals surface area contributed by atoms with E-state index in [9.17, 15) is 9.90 Å². The van der Waals surface area contributed by atoms with Gasteiger partial charge in [0.25, 0.3) is 0 Å². The van der Waals surface area contributed by atoms with Crippen molar-refractivity contribution in [3.05, 3.63) is 88.5 Å². The molecule has 0 unspecified atom stereocenters. The Bertz CT molecular complexity index is 1250. The second-order valence-electron chi connectivity index (χ2n) is 8.09. The highest BCUT2D eigenvalue weighted by atomic mass is 16.5. The summed E-state index contributed by atoms with van der Waals surface area (Å²) < 4.78 is 17.1. The largest absolute Gasteiger partial charge is 0.493 e. The molecule has 33 heavy (non-hydrogen) atoms. The number of benzene rings is 3. The zero-order valence-corrected chi connectivity index (χ0v) is 18.6. The molecule has 7 heteroatoms. The number of hydrogen-bond acceptors (Lipinski definition) is 6. The third-order valence-corrected chi connectivity index (χ3v) is 6.14. The maximum absolute atomic E-state index is 12.3. The molecule has 3 aromatic carbocycles. The molecule has 168 valence electrons. The normalized spacial score (nSPS) is 18.6. The molecule has 5 rings (SSSR count). The van der Waals surface area contributed by atoms with Crippen molar-refractivity contribution >= 4 is 11.7 Å². The lowest BCUT2D eigenvalue weighted by molar-refractivity contribution is -0.0199. The molecule has 0 bridgehead atoms. The molecule has 0 aromatic heterocycles. The summed E-state index contributed by atoms with van der Waals surface area (Å²) in [5.41, 5.74) is 4.63.